The number of nitrogens with zero attached hydrogens (tertiary/aromatic N) is 2. The first-order valence-electron chi connectivity index (χ1n) is 10.5. The molecule has 2 heterocycles. The molecule has 1 aliphatic carbocycles. The lowest BCUT2D eigenvalue weighted by Crippen LogP contribution is -2.32. The Morgan fingerprint density at radius 1 is 1.30 bits per heavy atom. The molecule has 0 saturated heterocycles. The van der Waals surface area contributed by atoms with E-state index in [1.165, 1.54) is 18.0 Å². The number of allylic oxidation sites excluding steroid dienone is 2. The Balaban J connectivity index is 1.82. The first kappa shape index (κ1) is 23.4. The van der Waals surface area contributed by atoms with Gasteiger partial charge in [-0.05, 0) is 51.8 Å². The predicted molar refractivity (Wildman–Crippen MR) is 130 cm³/mol. The number of carbonyl (C=O) groups is 1. The second kappa shape index (κ2) is 8.22. The number of hydrogen-bond donors (Lipinski definition) is 1. The number of hydrogen-bond acceptors (Lipinski definition) is 6. The van der Waals surface area contributed by atoms with Crippen LogP contribution in [0.1, 0.15) is 30.5 Å². The summed E-state index contributed by atoms with van der Waals surface area (Å²) in [7, 11) is -3.24. The number of sulfone groups is 1. The Hall–Kier alpha value is -2.78. The largest absolute Gasteiger partial charge is 0.480 e. The molecular formula is C24H26N2O5S2. The van der Waals surface area contributed by atoms with Crippen molar-refractivity contribution < 1.29 is 22.8 Å². The lowest BCUT2D eigenvalue weighted by molar-refractivity contribution is -0.137. The van der Waals surface area contributed by atoms with Crippen LogP contribution in [-0.4, -0.2) is 40.2 Å². The van der Waals surface area contributed by atoms with Crippen molar-refractivity contribution in [1.82, 2.24) is 9.72 Å². The second-order valence-electron chi connectivity index (χ2n) is 8.66. The summed E-state index contributed by atoms with van der Waals surface area (Å²) < 4.78 is 30.5. The van der Waals surface area contributed by atoms with Crippen molar-refractivity contribution in [2.75, 3.05) is 6.26 Å². The van der Waals surface area contributed by atoms with Crippen molar-refractivity contribution in [1.29, 1.82) is 0 Å². The lowest BCUT2D eigenvalue weighted by atomic mass is 10.0. The van der Waals surface area contributed by atoms with E-state index in [1.807, 2.05) is 51.1 Å². The van der Waals surface area contributed by atoms with Crippen molar-refractivity contribution in [2.45, 2.75) is 50.3 Å². The summed E-state index contributed by atoms with van der Waals surface area (Å²) in [4.78, 5) is 13.4. The minimum Gasteiger partial charge on any atom is -0.480 e. The highest BCUT2D eigenvalue weighted by Gasteiger charge is 2.34. The van der Waals surface area contributed by atoms with Gasteiger partial charge in [0, 0.05) is 38.2 Å². The van der Waals surface area contributed by atoms with E-state index in [1.54, 1.807) is 17.6 Å². The molecule has 1 unspecified atom stereocenters. The van der Waals surface area contributed by atoms with Gasteiger partial charge in [0.25, 0.3) is 0 Å². The molecule has 174 valence electrons. The van der Waals surface area contributed by atoms with Crippen LogP contribution >= 0.6 is 11.8 Å². The van der Waals surface area contributed by atoms with Gasteiger partial charge >= 0.3 is 5.97 Å². The van der Waals surface area contributed by atoms with E-state index in [0.29, 0.717) is 6.42 Å². The topological polar surface area (TPSA) is 102 Å². The van der Waals surface area contributed by atoms with Crippen molar-refractivity contribution in [3.05, 3.63) is 58.5 Å². The number of fused-ring (bicyclic) bond motifs is 1. The fraction of sp³-hybridized carbons (Fsp3) is 0.333. The van der Waals surface area contributed by atoms with E-state index < -0.39 is 20.6 Å². The monoisotopic (exact) mass is 486 g/mol. The first-order chi connectivity index (χ1) is 15.4. The molecule has 1 N–H and O–H groups in total. The molecule has 1 atom stereocenters. The Labute approximate surface area is 197 Å². The third-order valence-electron chi connectivity index (χ3n) is 6.26. The maximum absolute atomic E-state index is 12.2. The van der Waals surface area contributed by atoms with Gasteiger partial charge in [-0.15, -0.1) is 0 Å². The number of thioether (sulfide) groups is 1. The van der Waals surface area contributed by atoms with E-state index in [0.717, 1.165) is 49.0 Å². The van der Waals surface area contributed by atoms with E-state index >= 15 is 0 Å². The van der Waals surface area contributed by atoms with Gasteiger partial charge in [0.15, 0.2) is 9.84 Å². The molecule has 0 amide bonds. The minimum absolute atomic E-state index is 0.144. The zero-order chi connectivity index (χ0) is 24.1. The quantitative estimate of drug-likeness (QED) is 0.520. The molecule has 0 spiro atoms. The maximum atomic E-state index is 12.2. The molecule has 1 aliphatic rings. The normalized spacial score (nSPS) is 18.6. The van der Waals surface area contributed by atoms with Crippen molar-refractivity contribution in [2.24, 2.45) is 0 Å². The molecular weight excluding hydrogens is 460 g/mol. The van der Waals surface area contributed by atoms with Crippen LogP contribution in [-0.2, 0) is 21.2 Å². The highest BCUT2D eigenvalue weighted by molar-refractivity contribution is 8.03. The first-order valence-corrected chi connectivity index (χ1v) is 13.2. The Bertz CT molecular complexity index is 1420. The van der Waals surface area contributed by atoms with E-state index in [-0.39, 0.29) is 6.54 Å². The second-order valence-corrected chi connectivity index (χ2v) is 12.2. The summed E-state index contributed by atoms with van der Waals surface area (Å²) >= 11 is 1.52. The van der Waals surface area contributed by atoms with Crippen LogP contribution in [0.3, 0.4) is 0 Å². The molecule has 1 aromatic carbocycles. The molecule has 2 aromatic heterocycles. The van der Waals surface area contributed by atoms with Gasteiger partial charge in [-0.1, -0.05) is 41.2 Å². The number of aryl methyl sites for hydroxylation is 2. The Morgan fingerprint density at radius 2 is 2.03 bits per heavy atom. The average molecular weight is 487 g/mol. The standard InChI is InChI=1S/C24H26N2O5S2/c1-14-22(16(3)31-25-14)17-6-7-20-19(12-17)23(15(2)26(20)13-21(27)28)32-18-8-10-24(4,11-9-18)33(5,29)30/h6-10,12H,11,13H2,1-5H3,(H,27,28). The van der Waals surface area contributed by atoms with Gasteiger partial charge in [-0.3, -0.25) is 4.79 Å². The highest BCUT2D eigenvalue weighted by atomic mass is 32.2. The van der Waals surface area contributed by atoms with Crippen LogP contribution in [0.4, 0.5) is 0 Å². The van der Waals surface area contributed by atoms with Crippen molar-refractivity contribution >= 4 is 38.5 Å². The molecule has 7 nitrogen and oxygen atoms in total. The molecule has 3 aromatic rings. The van der Waals surface area contributed by atoms with Crippen molar-refractivity contribution in [3.63, 3.8) is 0 Å². The fourth-order valence-corrected chi connectivity index (χ4v) is 5.91. The van der Waals surface area contributed by atoms with Gasteiger partial charge in [0.1, 0.15) is 12.3 Å². The minimum atomic E-state index is -3.24. The number of carboxylic acid groups (broad SMARTS) is 1. The summed E-state index contributed by atoms with van der Waals surface area (Å²) in [6.45, 7) is 7.25. The fourth-order valence-electron chi connectivity index (χ4n) is 4.14. The maximum Gasteiger partial charge on any atom is 0.323 e. The Morgan fingerprint density at radius 3 is 2.58 bits per heavy atom. The zero-order valence-electron chi connectivity index (χ0n) is 19.2. The van der Waals surface area contributed by atoms with Crippen LogP contribution in [0.25, 0.3) is 22.0 Å². The third-order valence-corrected chi connectivity index (χ3v) is 9.51. The molecule has 0 aliphatic heterocycles. The van der Waals surface area contributed by atoms with Gasteiger partial charge in [-0.2, -0.15) is 0 Å². The van der Waals surface area contributed by atoms with E-state index in [2.05, 4.69) is 5.16 Å². The lowest BCUT2D eigenvalue weighted by Gasteiger charge is -2.25. The summed E-state index contributed by atoms with van der Waals surface area (Å²) in [6.07, 6.45) is 7.16. The third kappa shape index (κ3) is 4.15. The summed E-state index contributed by atoms with van der Waals surface area (Å²) in [5.74, 6) is -0.192. The summed E-state index contributed by atoms with van der Waals surface area (Å²) in [5.41, 5.74) is 4.34. The molecule has 0 fully saturated rings. The van der Waals surface area contributed by atoms with Gasteiger partial charge in [-0.25, -0.2) is 8.42 Å². The number of aromatic nitrogens is 2. The van der Waals surface area contributed by atoms with Gasteiger partial charge in [0.05, 0.1) is 10.4 Å². The molecule has 0 bridgehead atoms. The van der Waals surface area contributed by atoms with Crippen LogP contribution in [0.2, 0.25) is 0 Å². The molecule has 0 saturated carbocycles. The van der Waals surface area contributed by atoms with Crippen LogP contribution < -0.4 is 0 Å². The molecule has 33 heavy (non-hydrogen) atoms. The van der Waals surface area contributed by atoms with E-state index in [9.17, 15) is 18.3 Å². The number of aliphatic carboxylic acids is 1. The van der Waals surface area contributed by atoms with Crippen LogP contribution in [0.5, 0.6) is 0 Å². The predicted octanol–water partition coefficient (Wildman–Crippen LogP) is 5.05. The number of rotatable bonds is 6. The smallest absolute Gasteiger partial charge is 0.323 e. The zero-order valence-corrected chi connectivity index (χ0v) is 20.8. The van der Waals surface area contributed by atoms with E-state index in [4.69, 9.17) is 4.52 Å². The molecule has 0 radical (unpaired) electrons. The molecule has 9 heteroatoms. The molecule has 4 rings (SSSR count). The summed E-state index contributed by atoms with van der Waals surface area (Å²) in [5, 5.41) is 14.5. The van der Waals surface area contributed by atoms with Crippen molar-refractivity contribution in [3.8, 4) is 11.1 Å². The van der Waals surface area contributed by atoms with Crippen LogP contribution in [0.15, 0.2) is 50.8 Å². The number of carboxylic acids is 1. The highest BCUT2D eigenvalue weighted by Crippen LogP contribution is 2.42. The Kier molecular flexibility index (Phi) is 5.82. The summed E-state index contributed by atoms with van der Waals surface area (Å²) in [6, 6.07) is 5.93. The SMILES string of the molecule is Cc1noc(C)c1-c1ccc2c(c1)c(SC1=CCC(C)(S(C)(=O)=O)C=C1)c(C)n2CC(=O)O. The van der Waals surface area contributed by atoms with Crippen LogP contribution in [0, 0.1) is 20.8 Å². The average Bonchev–Trinajstić information content (AvgIpc) is 3.19. The van der Waals surface area contributed by atoms with Gasteiger partial charge < -0.3 is 14.2 Å². The number of benzene rings is 1. The van der Waals surface area contributed by atoms with Gasteiger partial charge in [0.2, 0.25) is 0 Å².